The molecule has 0 radical (unpaired) electrons. The average molecular weight is 147 g/mol. The lowest BCUT2D eigenvalue weighted by Crippen LogP contribution is -2.60. The molecule has 8 heavy (non-hydrogen) atoms. The SMILES string of the molecule is CO.CO[Cl+3]([O-])([O-])[O-]. The Kier molecular flexibility index (Phi) is 7.17. The van der Waals surface area contributed by atoms with Crippen LogP contribution in [0.25, 0.3) is 0 Å². The number of aliphatic hydroxyl groups is 1. The van der Waals surface area contributed by atoms with Gasteiger partial charge in [-0.3, -0.25) is 0 Å². The number of halogens is 1. The first kappa shape index (κ1) is 11.0. The second-order valence-electron chi connectivity index (χ2n) is 0.532. The van der Waals surface area contributed by atoms with Gasteiger partial charge in [0, 0.05) is 7.11 Å². The Balaban J connectivity index is 0. The Labute approximate surface area is 48.9 Å². The molecule has 0 heterocycles. The molecule has 0 rings (SSSR count). The molecule has 0 aliphatic heterocycles. The molecule has 0 aliphatic rings. The van der Waals surface area contributed by atoms with Crippen LogP contribution in [0, 0.1) is 10.2 Å². The Morgan fingerprint density at radius 2 is 1.38 bits per heavy atom. The van der Waals surface area contributed by atoms with Gasteiger partial charge in [-0.1, -0.05) is 0 Å². The lowest BCUT2D eigenvalue weighted by Gasteiger charge is -2.08. The molecule has 0 aromatic rings. The van der Waals surface area contributed by atoms with Crippen molar-refractivity contribution >= 4 is 0 Å². The third-order valence-corrected chi connectivity index (χ3v) is 0.567. The fraction of sp³-hybridized carbons (Fsp3) is 1.00. The molecule has 52 valence electrons. The van der Waals surface area contributed by atoms with Crippen LogP contribution in [0.4, 0.5) is 0 Å². The van der Waals surface area contributed by atoms with Crippen molar-refractivity contribution < 1.29 is 33.6 Å². The molecule has 0 unspecified atom stereocenters. The van der Waals surface area contributed by atoms with Crippen molar-refractivity contribution in [3.05, 3.63) is 0 Å². The highest BCUT2D eigenvalue weighted by Gasteiger charge is 2.08. The van der Waals surface area contributed by atoms with E-state index in [1.807, 2.05) is 0 Å². The van der Waals surface area contributed by atoms with E-state index in [1.165, 1.54) is 0 Å². The standard InChI is InChI=1S/CH3ClO4.CH4O/c1-6-2(3,4)5;1-2/h1H3;2H,1H3. The van der Waals surface area contributed by atoms with Crippen LogP contribution in [0.2, 0.25) is 0 Å². The van der Waals surface area contributed by atoms with Crippen LogP contribution in [0.1, 0.15) is 0 Å². The second kappa shape index (κ2) is 5.23. The van der Waals surface area contributed by atoms with Crippen molar-refractivity contribution in [2.75, 3.05) is 14.2 Å². The number of hydrogen-bond acceptors (Lipinski definition) is 5. The molecule has 5 nitrogen and oxygen atoms in total. The maximum atomic E-state index is 9.19. The normalized spacial score (nSPS) is 9.75. The third kappa shape index (κ3) is 16.5. The van der Waals surface area contributed by atoms with Crippen LogP contribution in [0.5, 0.6) is 0 Å². The summed E-state index contributed by atoms with van der Waals surface area (Å²) in [7, 11) is -2.38. The quantitative estimate of drug-likeness (QED) is 0.408. The van der Waals surface area contributed by atoms with Gasteiger partial charge in [-0.05, 0) is 0 Å². The fourth-order valence-corrected chi connectivity index (χ4v) is 0. The highest BCUT2D eigenvalue weighted by molar-refractivity contribution is 3.31. The maximum absolute atomic E-state index is 9.19. The predicted molar refractivity (Wildman–Crippen MR) is 15.2 cm³/mol. The molecule has 0 aromatic carbocycles. The molecule has 0 spiro atoms. The summed E-state index contributed by atoms with van der Waals surface area (Å²) in [6, 6.07) is 0. The minimum atomic E-state index is -4.18. The highest BCUT2D eigenvalue weighted by Crippen LogP contribution is 1.77. The van der Waals surface area contributed by atoms with E-state index in [4.69, 9.17) is 5.11 Å². The molecule has 0 saturated heterocycles. The zero-order valence-electron chi connectivity index (χ0n) is 4.46. The molecule has 0 aromatic heterocycles. The Morgan fingerprint density at radius 1 is 1.25 bits per heavy atom. The molecule has 6 heteroatoms. The van der Waals surface area contributed by atoms with Gasteiger partial charge in [0.25, 0.3) is 0 Å². The topological polar surface area (TPSA) is 98.6 Å². The highest BCUT2D eigenvalue weighted by atomic mass is 35.7. The van der Waals surface area contributed by atoms with Gasteiger partial charge in [-0.25, -0.2) is 0 Å². The summed E-state index contributed by atoms with van der Waals surface area (Å²) >= 11 is 0. The summed E-state index contributed by atoms with van der Waals surface area (Å²) in [6.07, 6.45) is 0. The molecular formula is C2H7ClO5. The molecule has 0 atom stereocenters. The number of hydrogen-bond donors (Lipinski definition) is 1. The van der Waals surface area contributed by atoms with Crippen molar-refractivity contribution in [1.82, 2.24) is 0 Å². The van der Waals surface area contributed by atoms with E-state index in [2.05, 4.69) is 4.29 Å². The van der Waals surface area contributed by atoms with Crippen LogP contribution in [-0.2, 0) is 4.29 Å². The zero-order valence-corrected chi connectivity index (χ0v) is 5.21. The van der Waals surface area contributed by atoms with Gasteiger partial charge in [0.2, 0.25) is 0 Å². The van der Waals surface area contributed by atoms with Gasteiger partial charge < -0.3 is 5.11 Å². The molecule has 0 aliphatic carbocycles. The van der Waals surface area contributed by atoms with E-state index >= 15 is 0 Å². The van der Waals surface area contributed by atoms with Crippen molar-refractivity contribution in [2.45, 2.75) is 0 Å². The molecule has 1 N–H and O–H groups in total. The summed E-state index contributed by atoms with van der Waals surface area (Å²) in [5, 5.41) is 7.00. The van der Waals surface area contributed by atoms with Crippen LogP contribution in [0.15, 0.2) is 0 Å². The van der Waals surface area contributed by atoms with Crippen molar-refractivity contribution in [3.63, 3.8) is 0 Å². The van der Waals surface area contributed by atoms with E-state index in [0.29, 0.717) is 0 Å². The summed E-state index contributed by atoms with van der Waals surface area (Å²) in [5.74, 6) is 0. The van der Waals surface area contributed by atoms with Gasteiger partial charge in [0.1, 0.15) is 0 Å². The minimum absolute atomic E-state index is 0.796. The van der Waals surface area contributed by atoms with Crippen molar-refractivity contribution in [2.24, 2.45) is 0 Å². The summed E-state index contributed by atoms with van der Waals surface area (Å²) in [5.41, 5.74) is 0. The first-order chi connectivity index (χ1) is 3.56. The van der Waals surface area contributed by atoms with Gasteiger partial charge in [-0.15, -0.1) is 0 Å². The first-order valence-corrected chi connectivity index (χ1v) is 2.71. The second-order valence-corrected chi connectivity index (χ2v) is 1.60. The Hall–Kier alpha value is 0.0900. The minimum Gasteiger partial charge on any atom is -0.400 e. The van der Waals surface area contributed by atoms with Crippen LogP contribution >= 0.6 is 0 Å². The predicted octanol–water partition coefficient (Wildman–Crippen LogP) is -3.86. The molecule has 0 saturated carbocycles. The maximum Gasteiger partial charge on any atom is 0.193 e. The van der Waals surface area contributed by atoms with Crippen molar-refractivity contribution in [3.8, 4) is 0 Å². The molecular weight excluding hydrogens is 139 g/mol. The van der Waals surface area contributed by atoms with E-state index in [1.54, 1.807) is 0 Å². The monoisotopic (exact) mass is 146 g/mol. The lowest BCUT2D eigenvalue weighted by molar-refractivity contribution is -1.92. The summed E-state index contributed by atoms with van der Waals surface area (Å²) < 4.78 is 30.9. The fourth-order valence-electron chi connectivity index (χ4n) is 0. The lowest BCUT2D eigenvalue weighted by atomic mass is 11.8. The van der Waals surface area contributed by atoms with Crippen LogP contribution in [0.3, 0.4) is 0 Å². The first-order valence-electron chi connectivity index (χ1n) is 1.47. The molecule has 0 bridgehead atoms. The zero-order chi connectivity index (χ0) is 7.21. The van der Waals surface area contributed by atoms with Crippen LogP contribution < -0.4 is 14.0 Å². The summed E-state index contributed by atoms with van der Waals surface area (Å²) in [4.78, 5) is 0. The van der Waals surface area contributed by atoms with Gasteiger partial charge >= 0.3 is 0 Å². The van der Waals surface area contributed by atoms with E-state index in [0.717, 1.165) is 14.2 Å². The Bertz CT molecular complexity index is 40.2. The third-order valence-electron chi connectivity index (χ3n) is 0.189. The number of rotatable bonds is 1. The molecule has 0 fully saturated rings. The number of aliphatic hydroxyl groups excluding tert-OH is 1. The van der Waals surface area contributed by atoms with E-state index in [9.17, 15) is 14.0 Å². The van der Waals surface area contributed by atoms with Gasteiger partial charge in [0.15, 0.2) is 7.11 Å². The van der Waals surface area contributed by atoms with Gasteiger partial charge in [-0.2, -0.15) is 14.0 Å². The van der Waals surface area contributed by atoms with Crippen LogP contribution in [-0.4, -0.2) is 19.3 Å². The van der Waals surface area contributed by atoms with E-state index in [-0.39, 0.29) is 0 Å². The van der Waals surface area contributed by atoms with Crippen molar-refractivity contribution in [1.29, 1.82) is 0 Å². The Morgan fingerprint density at radius 3 is 1.38 bits per heavy atom. The van der Waals surface area contributed by atoms with E-state index < -0.39 is 10.2 Å². The van der Waals surface area contributed by atoms with Gasteiger partial charge in [0.05, 0.1) is 14.5 Å². The molecule has 0 amide bonds. The largest absolute Gasteiger partial charge is 0.400 e. The smallest absolute Gasteiger partial charge is 0.193 e. The summed E-state index contributed by atoms with van der Waals surface area (Å²) in [6.45, 7) is 0. The average Bonchev–Trinajstić information content (AvgIpc) is 1.71.